The van der Waals surface area contributed by atoms with Crippen molar-refractivity contribution >= 4 is 11.9 Å². The highest BCUT2D eigenvalue weighted by molar-refractivity contribution is 5.81. The maximum atomic E-state index is 13.4. The highest BCUT2D eigenvalue weighted by Crippen LogP contribution is 2.55. The minimum absolute atomic E-state index is 0.0116. The maximum Gasteiger partial charge on any atom is 0.344 e. The summed E-state index contributed by atoms with van der Waals surface area (Å²) in [6, 6.07) is 5.83. The Bertz CT molecular complexity index is 670. The predicted molar refractivity (Wildman–Crippen MR) is 91.9 cm³/mol. The van der Waals surface area contributed by atoms with E-state index in [4.69, 9.17) is 9.47 Å². The summed E-state index contributed by atoms with van der Waals surface area (Å²) in [6.07, 6.45) is 7.06. The molecule has 5 nitrogen and oxygen atoms in total. The first kappa shape index (κ1) is 17.3. The first-order valence-corrected chi connectivity index (χ1v) is 9.35. The van der Waals surface area contributed by atoms with E-state index in [0.29, 0.717) is 0 Å². The minimum Gasteiger partial charge on any atom is -0.479 e. The molecule has 1 aromatic carbocycles. The maximum absolute atomic E-state index is 13.4. The van der Waals surface area contributed by atoms with Crippen molar-refractivity contribution in [2.24, 2.45) is 17.8 Å². The molecule has 0 atom stereocenters. The summed E-state index contributed by atoms with van der Waals surface area (Å²) in [4.78, 5) is 24.0. The molecular formula is C20H24FNO4. The van der Waals surface area contributed by atoms with Gasteiger partial charge in [-0.25, -0.2) is 9.18 Å². The largest absolute Gasteiger partial charge is 0.479 e. The molecule has 0 radical (unpaired) electrons. The average Bonchev–Trinajstić information content (AvgIpc) is 2.57. The van der Waals surface area contributed by atoms with Gasteiger partial charge in [-0.05, 0) is 68.4 Å². The van der Waals surface area contributed by atoms with Gasteiger partial charge >= 0.3 is 5.97 Å². The van der Waals surface area contributed by atoms with Gasteiger partial charge in [0.2, 0.25) is 0 Å². The Morgan fingerprint density at radius 2 is 1.65 bits per heavy atom. The molecule has 26 heavy (non-hydrogen) atoms. The third kappa shape index (κ3) is 3.69. The third-order valence-electron chi connectivity index (χ3n) is 5.99. The van der Waals surface area contributed by atoms with Crippen molar-refractivity contribution in [2.75, 3.05) is 13.2 Å². The lowest BCUT2D eigenvalue weighted by Gasteiger charge is -2.56. The normalized spacial score (nSPS) is 31.5. The molecule has 0 spiro atoms. The number of carbonyl (C=O) groups is 2. The number of amides is 1. The van der Waals surface area contributed by atoms with Gasteiger partial charge in [-0.15, -0.1) is 0 Å². The van der Waals surface area contributed by atoms with Crippen LogP contribution in [0.4, 0.5) is 4.39 Å². The molecule has 1 aromatic rings. The second-order valence-electron chi connectivity index (χ2n) is 8.13. The standard InChI is InChI=1S/C20H24FNO4/c21-16-3-1-2-4-17(16)25-12-19(24)26-11-18(23)22-20-8-13-5-14(9-20)7-15(6-13)10-20/h1-4,13-15H,5-12H2,(H,22,23). The molecule has 4 aliphatic carbocycles. The molecule has 140 valence electrons. The monoisotopic (exact) mass is 361 g/mol. The molecule has 0 heterocycles. The number of nitrogens with one attached hydrogen (secondary N) is 1. The van der Waals surface area contributed by atoms with Crippen LogP contribution in [0.2, 0.25) is 0 Å². The molecule has 1 amide bonds. The highest BCUT2D eigenvalue weighted by Gasteiger charge is 2.51. The quantitative estimate of drug-likeness (QED) is 0.792. The molecule has 0 saturated heterocycles. The summed E-state index contributed by atoms with van der Waals surface area (Å²) in [5.41, 5.74) is -0.0953. The van der Waals surface area contributed by atoms with E-state index >= 15 is 0 Å². The molecule has 4 saturated carbocycles. The molecule has 4 aliphatic rings. The van der Waals surface area contributed by atoms with Gasteiger partial charge in [0.05, 0.1) is 0 Å². The lowest BCUT2D eigenvalue weighted by atomic mass is 9.53. The van der Waals surface area contributed by atoms with Crippen LogP contribution in [0.5, 0.6) is 5.75 Å². The zero-order chi connectivity index (χ0) is 18.1. The number of carbonyl (C=O) groups excluding carboxylic acids is 2. The van der Waals surface area contributed by atoms with Crippen molar-refractivity contribution in [3.63, 3.8) is 0 Å². The summed E-state index contributed by atoms with van der Waals surface area (Å²) in [5, 5.41) is 3.15. The Balaban J connectivity index is 1.23. The van der Waals surface area contributed by atoms with Crippen molar-refractivity contribution < 1.29 is 23.5 Å². The molecule has 4 bridgehead atoms. The highest BCUT2D eigenvalue weighted by atomic mass is 19.1. The fourth-order valence-electron chi connectivity index (χ4n) is 5.48. The summed E-state index contributed by atoms with van der Waals surface area (Å²) in [6.45, 7) is -0.743. The Morgan fingerprint density at radius 3 is 2.27 bits per heavy atom. The molecule has 0 aliphatic heterocycles. The Kier molecular flexibility index (Phi) is 4.59. The van der Waals surface area contributed by atoms with Crippen molar-refractivity contribution in [2.45, 2.75) is 44.1 Å². The van der Waals surface area contributed by atoms with Crippen molar-refractivity contribution in [1.29, 1.82) is 0 Å². The van der Waals surface area contributed by atoms with Crippen LogP contribution in [-0.4, -0.2) is 30.6 Å². The minimum atomic E-state index is -0.686. The average molecular weight is 361 g/mol. The Hall–Kier alpha value is -2.11. The van der Waals surface area contributed by atoms with E-state index in [2.05, 4.69) is 5.32 Å². The number of ether oxygens (including phenoxy) is 2. The van der Waals surface area contributed by atoms with Crippen LogP contribution in [0.15, 0.2) is 24.3 Å². The number of rotatable bonds is 6. The molecule has 0 aromatic heterocycles. The summed E-state index contributed by atoms with van der Waals surface area (Å²) >= 11 is 0. The summed E-state index contributed by atoms with van der Waals surface area (Å²) < 4.78 is 23.5. The van der Waals surface area contributed by atoms with E-state index < -0.39 is 18.4 Å². The van der Waals surface area contributed by atoms with Crippen LogP contribution >= 0.6 is 0 Å². The summed E-state index contributed by atoms with van der Waals surface area (Å²) in [5.74, 6) is 0.706. The van der Waals surface area contributed by atoms with Gasteiger partial charge in [-0.3, -0.25) is 4.79 Å². The van der Waals surface area contributed by atoms with E-state index in [1.807, 2.05) is 0 Å². The molecule has 1 N–H and O–H groups in total. The Morgan fingerprint density at radius 1 is 1.04 bits per heavy atom. The van der Waals surface area contributed by atoms with Gasteiger partial charge < -0.3 is 14.8 Å². The molecule has 4 fully saturated rings. The first-order chi connectivity index (χ1) is 12.5. The zero-order valence-corrected chi connectivity index (χ0v) is 14.7. The van der Waals surface area contributed by atoms with E-state index in [9.17, 15) is 14.0 Å². The molecule has 0 unspecified atom stereocenters. The fourth-order valence-corrected chi connectivity index (χ4v) is 5.48. The van der Waals surface area contributed by atoms with E-state index in [-0.39, 0.29) is 23.8 Å². The third-order valence-corrected chi connectivity index (χ3v) is 5.99. The number of hydrogen-bond acceptors (Lipinski definition) is 4. The van der Waals surface area contributed by atoms with E-state index in [0.717, 1.165) is 37.0 Å². The Labute approximate surface area is 152 Å². The second-order valence-corrected chi connectivity index (χ2v) is 8.13. The lowest BCUT2D eigenvalue weighted by Crippen LogP contribution is -2.60. The number of hydrogen-bond donors (Lipinski definition) is 1. The fraction of sp³-hybridized carbons (Fsp3) is 0.600. The van der Waals surface area contributed by atoms with Crippen molar-refractivity contribution in [3.05, 3.63) is 30.1 Å². The van der Waals surface area contributed by atoms with Crippen LogP contribution in [0, 0.1) is 23.6 Å². The van der Waals surface area contributed by atoms with Gasteiger partial charge in [-0.1, -0.05) is 12.1 Å². The van der Waals surface area contributed by atoms with Gasteiger partial charge in [0.1, 0.15) is 0 Å². The zero-order valence-electron chi connectivity index (χ0n) is 14.7. The molecule has 6 heteroatoms. The number of benzene rings is 1. The van der Waals surface area contributed by atoms with Gasteiger partial charge in [0.15, 0.2) is 24.8 Å². The van der Waals surface area contributed by atoms with Crippen molar-refractivity contribution in [1.82, 2.24) is 5.32 Å². The van der Waals surface area contributed by atoms with Crippen LogP contribution < -0.4 is 10.1 Å². The van der Waals surface area contributed by atoms with Crippen LogP contribution in [0.25, 0.3) is 0 Å². The predicted octanol–water partition coefficient (Wildman–Crippen LogP) is 2.83. The smallest absolute Gasteiger partial charge is 0.344 e. The topological polar surface area (TPSA) is 64.6 Å². The van der Waals surface area contributed by atoms with Gasteiger partial charge in [0, 0.05) is 5.54 Å². The second kappa shape index (κ2) is 6.89. The molecular weight excluding hydrogens is 337 g/mol. The van der Waals surface area contributed by atoms with E-state index in [1.54, 1.807) is 6.07 Å². The van der Waals surface area contributed by atoms with Crippen LogP contribution in [0.1, 0.15) is 38.5 Å². The van der Waals surface area contributed by atoms with Gasteiger partial charge in [0.25, 0.3) is 5.91 Å². The number of para-hydroxylation sites is 1. The number of halogens is 1. The van der Waals surface area contributed by atoms with Crippen LogP contribution in [0.3, 0.4) is 0 Å². The molecule has 5 rings (SSSR count). The van der Waals surface area contributed by atoms with Gasteiger partial charge in [-0.2, -0.15) is 0 Å². The van der Waals surface area contributed by atoms with Crippen LogP contribution in [-0.2, 0) is 14.3 Å². The van der Waals surface area contributed by atoms with E-state index in [1.165, 1.54) is 37.5 Å². The summed E-state index contributed by atoms with van der Waals surface area (Å²) in [7, 11) is 0. The van der Waals surface area contributed by atoms with Crippen molar-refractivity contribution in [3.8, 4) is 5.75 Å². The SMILES string of the molecule is O=C(COC(=O)COc1ccccc1F)NC12CC3CC(CC(C3)C1)C2. The number of esters is 1. The lowest BCUT2D eigenvalue weighted by molar-refractivity contribution is -0.151. The first-order valence-electron chi connectivity index (χ1n) is 9.35.